The van der Waals surface area contributed by atoms with Gasteiger partial charge in [-0.3, -0.25) is 0 Å². The van der Waals surface area contributed by atoms with Crippen molar-refractivity contribution in [3.8, 4) is 5.97 Å². The highest BCUT2D eigenvalue weighted by Crippen LogP contribution is 2.03. The van der Waals surface area contributed by atoms with E-state index in [1.807, 2.05) is 0 Å². The molecule has 0 N–H and O–H groups in total. The van der Waals surface area contributed by atoms with Crippen LogP contribution in [-0.2, 0) is 0 Å². The van der Waals surface area contributed by atoms with Crippen LogP contribution in [0.1, 0.15) is 13.3 Å². The van der Waals surface area contributed by atoms with Crippen molar-refractivity contribution in [1.29, 1.82) is 5.26 Å². The first-order chi connectivity index (χ1) is 5.62. The van der Waals surface area contributed by atoms with E-state index in [2.05, 4.69) is 28.1 Å². The normalized spacial score (nSPS) is 11.2. The average Bonchev–Trinajstić information content (AvgIpc) is 1.84. The SMILES string of the molecule is CCC[N+](C)(C)C.N#C[B-](F)(F)F. The summed E-state index contributed by atoms with van der Waals surface area (Å²) in [6, 6.07) is 0. The Bertz CT molecular complexity index is 166. The van der Waals surface area contributed by atoms with E-state index in [0.717, 1.165) is 4.48 Å². The number of halogens is 3. The standard InChI is InChI=1S/C6H16N.CBF3N/c1-5-6-7(2,3)4;3-2(4,5)1-6/h5-6H2,1-4H3;/q+1;-1. The molecule has 0 aromatic rings. The lowest BCUT2D eigenvalue weighted by atomic mass is 9.97. The number of hydrogen-bond acceptors (Lipinski definition) is 1. The summed E-state index contributed by atoms with van der Waals surface area (Å²) in [5.74, 6) is 0.167. The fourth-order valence-corrected chi connectivity index (χ4v) is 0.671. The van der Waals surface area contributed by atoms with Crippen LogP contribution in [0.2, 0.25) is 0 Å². The lowest BCUT2D eigenvalue weighted by Gasteiger charge is -2.22. The summed E-state index contributed by atoms with van der Waals surface area (Å²) < 4.78 is 32.6. The number of nitrogens with zero attached hydrogens (tertiary/aromatic N) is 2. The molecule has 6 heteroatoms. The number of quaternary nitrogens is 1. The van der Waals surface area contributed by atoms with Crippen molar-refractivity contribution in [2.45, 2.75) is 13.3 Å². The first kappa shape index (κ1) is 14.8. The molecule has 0 unspecified atom stereocenters. The van der Waals surface area contributed by atoms with Gasteiger partial charge in [-0.25, -0.2) is 5.26 Å². The highest BCUT2D eigenvalue weighted by Gasteiger charge is 2.20. The molecule has 0 amide bonds. The summed E-state index contributed by atoms with van der Waals surface area (Å²) in [6.07, 6.45) is 1.28. The topological polar surface area (TPSA) is 23.8 Å². The Kier molecular flexibility index (Phi) is 6.68. The van der Waals surface area contributed by atoms with Crippen LogP contribution in [0.25, 0.3) is 0 Å². The highest BCUT2D eigenvalue weighted by atomic mass is 19.4. The van der Waals surface area contributed by atoms with Gasteiger partial charge in [0.15, 0.2) is 0 Å². The van der Waals surface area contributed by atoms with Gasteiger partial charge in [0.05, 0.1) is 27.7 Å². The Morgan fingerprint density at radius 3 is 1.54 bits per heavy atom. The zero-order valence-electron chi connectivity index (χ0n) is 8.52. The van der Waals surface area contributed by atoms with Gasteiger partial charge < -0.3 is 17.4 Å². The Morgan fingerprint density at radius 2 is 1.54 bits per heavy atom. The van der Waals surface area contributed by atoms with Gasteiger partial charge in [0.2, 0.25) is 0 Å². The van der Waals surface area contributed by atoms with Gasteiger partial charge in [-0.05, 0) is 12.4 Å². The third-order valence-corrected chi connectivity index (χ3v) is 1.04. The molecule has 13 heavy (non-hydrogen) atoms. The maximum atomic E-state index is 10.5. The average molecular weight is 196 g/mol. The summed E-state index contributed by atoms with van der Waals surface area (Å²) in [5.41, 5.74) is 0. The zero-order chi connectivity index (χ0) is 11.1. The summed E-state index contributed by atoms with van der Waals surface area (Å²) in [4.78, 5) is 0. The fraction of sp³-hybridized carbons (Fsp3) is 0.857. The Morgan fingerprint density at radius 1 is 1.23 bits per heavy atom. The van der Waals surface area contributed by atoms with Gasteiger partial charge >= 0.3 is 6.98 Å². The second-order valence-corrected chi connectivity index (χ2v) is 3.72. The molecule has 0 saturated carbocycles. The van der Waals surface area contributed by atoms with Gasteiger partial charge in [0.1, 0.15) is 0 Å². The molecule has 0 aromatic heterocycles. The van der Waals surface area contributed by atoms with Crippen LogP contribution in [-0.4, -0.2) is 39.1 Å². The van der Waals surface area contributed by atoms with Crippen molar-refractivity contribution in [3.05, 3.63) is 0 Å². The molecule has 0 aromatic carbocycles. The van der Waals surface area contributed by atoms with Crippen molar-refractivity contribution >= 4 is 6.98 Å². The molecule has 0 atom stereocenters. The molecule has 0 aliphatic rings. The maximum absolute atomic E-state index is 10.5. The monoisotopic (exact) mass is 196 g/mol. The van der Waals surface area contributed by atoms with Crippen LogP contribution in [0.4, 0.5) is 12.9 Å². The Balaban J connectivity index is 0. The summed E-state index contributed by atoms with van der Waals surface area (Å²) in [5, 5.41) is 7.06. The Hall–Kier alpha value is -0.695. The summed E-state index contributed by atoms with van der Waals surface area (Å²) in [6.45, 7) is -1.69. The lowest BCUT2D eigenvalue weighted by Crippen LogP contribution is -2.34. The summed E-state index contributed by atoms with van der Waals surface area (Å²) >= 11 is 0. The van der Waals surface area contributed by atoms with Gasteiger partial charge in [0.25, 0.3) is 0 Å². The number of nitriles is 1. The maximum Gasteiger partial charge on any atom is 0.584 e. The fourth-order valence-electron chi connectivity index (χ4n) is 0.671. The van der Waals surface area contributed by atoms with Crippen LogP contribution in [0.3, 0.4) is 0 Å². The van der Waals surface area contributed by atoms with Gasteiger partial charge in [-0.15, -0.1) is 0 Å². The molecule has 0 radical (unpaired) electrons. The molecule has 0 rings (SSSR count). The van der Waals surface area contributed by atoms with Crippen molar-refractivity contribution in [2.75, 3.05) is 27.7 Å². The minimum Gasteiger partial charge on any atom is -0.436 e. The molecule has 0 bridgehead atoms. The molecule has 0 aliphatic carbocycles. The van der Waals surface area contributed by atoms with E-state index in [1.54, 1.807) is 0 Å². The van der Waals surface area contributed by atoms with E-state index in [0.29, 0.717) is 0 Å². The Labute approximate surface area is 77.6 Å². The first-order valence-electron chi connectivity index (χ1n) is 4.03. The van der Waals surface area contributed by atoms with Crippen LogP contribution in [0.15, 0.2) is 0 Å². The first-order valence-corrected chi connectivity index (χ1v) is 4.03. The minimum absolute atomic E-state index is 0.167. The molecule has 0 heterocycles. The zero-order valence-corrected chi connectivity index (χ0v) is 8.52. The van der Waals surface area contributed by atoms with Crippen molar-refractivity contribution in [3.63, 3.8) is 0 Å². The summed E-state index contributed by atoms with van der Waals surface area (Å²) in [7, 11) is 6.64. The third kappa shape index (κ3) is 24.6. The molecular weight excluding hydrogens is 180 g/mol. The second-order valence-electron chi connectivity index (χ2n) is 3.72. The van der Waals surface area contributed by atoms with E-state index in [1.165, 1.54) is 13.0 Å². The highest BCUT2D eigenvalue weighted by molar-refractivity contribution is 6.66. The lowest BCUT2D eigenvalue weighted by molar-refractivity contribution is -0.870. The molecule has 78 valence electrons. The molecule has 2 nitrogen and oxygen atoms in total. The van der Waals surface area contributed by atoms with Crippen LogP contribution in [0, 0.1) is 11.2 Å². The van der Waals surface area contributed by atoms with Crippen LogP contribution in [0.5, 0.6) is 0 Å². The molecular formula is C7H16BF3N2. The second kappa shape index (κ2) is 5.87. The predicted molar refractivity (Wildman–Crippen MR) is 47.9 cm³/mol. The smallest absolute Gasteiger partial charge is 0.436 e. The van der Waals surface area contributed by atoms with E-state index in [-0.39, 0.29) is 5.97 Å². The van der Waals surface area contributed by atoms with Gasteiger partial charge in [0, 0.05) is 0 Å². The largest absolute Gasteiger partial charge is 0.584 e. The van der Waals surface area contributed by atoms with Crippen molar-refractivity contribution in [1.82, 2.24) is 0 Å². The van der Waals surface area contributed by atoms with Crippen LogP contribution >= 0.6 is 0 Å². The number of rotatable bonds is 2. The van der Waals surface area contributed by atoms with Gasteiger partial charge in [-0.2, -0.15) is 0 Å². The van der Waals surface area contributed by atoms with Crippen LogP contribution < -0.4 is 0 Å². The van der Waals surface area contributed by atoms with E-state index < -0.39 is 6.98 Å². The third-order valence-electron chi connectivity index (χ3n) is 1.04. The van der Waals surface area contributed by atoms with E-state index in [9.17, 15) is 12.9 Å². The molecule has 0 fully saturated rings. The molecule has 0 aliphatic heterocycles. The molecule has 0 saturated heterocycles. The van der Waals surface area contributed by atoms with Crippen molar-refractivity contribution in [2.24, 2.45) is 0 Å². The number of hydrogen-bond donors (Lipinski definition) is 0. The van der Waals surface area contributed by atoms with E-state index in [4.69, 9.17) is 5.26 Å². The predicted octanol–water partition coefficient (Wildman–Crippen LogP) is 2.00. The molecule has 0 spiro atoms. The van der Waals surface area contributed by atoms with Gasteiger partial charge in [-0.1, -0.05) is 6.92 Å². The minimum atomic E-state index is -5.18. The quantitative estimate of drug-likeness (QED) is 0.489. The van der Waals surface area contributed by atoms with Crippen molar-refractivity contribution < 1.29 is 17.4 Å². The van der Waals surface area contributed by atoms with E-state index >= 15 is 0 Å².